The Balaban J connectivity index is 1.90. The van der Waals surface area contributed by atoms with Crippen LogP contribution in [0.1, 0.15) is 22.5 Å². The highest BCUT2D eigenvalue weighted by molar-refractivity contribution is 6.05. The number of aryl methyl sites for hydroxylation is 1. The van der Waals surface area contributed by atoms with E-state index in [0.717, 1.165) is 48.2 Å². The molecule has 4 heteroatoms. The van der Waals surface area contributed by atoms with Crippen molar-refractivity contribution < 1.29 is 4.79 Å². The lowest BCUT2D eigenvalue weighted by Gasteiger charge is -2.17. The first-order valence-corrected chi connectivity index (χ1v) is 7.49. The summed E-state index contributed by atoms with van der Waals surface area (Å²) < 4.78 is 0. The number of pyridine rings is 1. The maximum Gasteiger partial charge on any atom is 0.256 e. The minimum absolute atomic E-state index is 0.109. The zero-order valence-electron chi connectivity index (χ0n) is 12.6. The molecule has 1 N–H and O–H groups in total. The van der Waals surface area contributed by atoms with Crippen molar-refractivity contribution in [1.29, 1.82) is 0 Å². The molecular weight excluding hydrogens is 262 g/mol. The molecule has 1 fully saturated rings. The van der Waals surface area contributed by atoms with Crippen LogP contribution >= 0.6 is 0 Å². The largest absolute Gasteiger partial charge is 0.338 e. The number of aromatic nitrogens is 1. The molecule has 1 atom stereocenters. The number of carbonyl (C=O) groups is 1. The van der Waals surface area contributed by atoms with Crippen LogP contribution in [-0.4, -0.2) is 42.5 Å². The highest BCUT2D eigenvalue weighted by atomic mass is 16.2. The summed E-state index contributed by atoms with van der Waals surface area (Å²) in [6.07, 6.45) is 1.07. The zero-order chi connectivity index (χ0) is 14.8. The van der Waals surface area contributed by atoms with Crippen LogP contribution in [-0.2, 0) is 0 Å². The van der Waals surface area contributed by atoms with Crippen LogP contribution in [0.25, 0.3) is 10.9 Å². The summed E-state index contributed by atoms with van der Waals surface area (Å²) in [6.45, 7) is 4.60. The van der Waals surface area contributed by atoms with Crippen LogP contribution in [0, 0.1) is 12.8 Å². The van der Waals surface area contributed by atoms with E-state index in [-0.39, 0.29) is 5.91 Å². The van der Waals surface area contributed by atoms with Crippen molar-refractivity contribution in [1.82, 2.24) is 15.2 Å². The smallest absolute Gasteiger partial charge is 0.256 e. The van der Waals surface area contributed by atoms with E-state index in [4.69, 9.17) is 0 Å². The molecule has 1 saturated heterocycles. The second kappa shape index (κ2) is 5.82. The molecule has 1 aromatic carbocycles. The molecule has 0 saturated carbocycles. The summed E-state index contributed by atoms with van der Waals surface area (Å²) in [5.41, 5.74) is 2.48. The number of fused-ring (bicyclic) bond motifs is 1. The van der Waals surface area contributed by atoms with E-state index in [0.29, 0.717) is 5.92 Å². The molecule has 1 aromatic heterocycles. The highest BCUT2D eigenvalue weighted by Gasteiger charge is 2.27. The second-order valence-corrected chi connectivity index (χ2v) is 5.79. The lowest BCUT2D eigenvalue weighted by atomic mass is 10.1. The molecule has 0 radical (unpaired) electrons. The molecular formula is C17H21N3O. The molecule has 0 aliphatic carbocycles. The average Bonchev–Trinajstić information content (AvgIpc) is 2.95. The first-order chi connectivity index (χ1) is 10.2. The molecule has 1 unspecified atom stereocenters. The van der Waals surface area contributed by atoms with Crippen LogP contribution in [0.2, 0.25) is 0 Å². The number of hydrogen-bond acceptors (Lipinski definition) is 3. The summed E-state index contributed by atoms with van der Waals surface area (Å²) in [5, 5.41) is 4.22. The number of benzene rings is 1. The predicted molar refractivity (Wildman–Crippen MR) is 84.4 cm³/mol. The molecule has 1 aliphatic heterocycles. The van der Waals surface area contributed by atoms with E-state index in [2.05, 4.69) is 10.3 Å². The van der Waals surface area contributed by atoms with Crippen molar-refractivity contribution in [3.8, 4) is 0 Å². The quantitative estimate of drug-likeness (QED) is 0.939. The fraction of sp³-hybridized carbons (Fsp3) is 0.412. The Labute approximate surface area is 125 Å². The Morgan fingerprint density at radius 1 is 1.38 bits per heavy atom. The molecule has 2 heterocycles. The maximum absolute atomic E-state index is 12.8. The van der Waals surface area contributed by atoms with Gasteiger partial charge >= 0.3 is 0 Å². The standard InChI is InChI=1S/C17H21N3O/c1-12-6-7-14-4-3-5-15(16(14)19-12)17(21)20-9-8-13(11-20)10-18-2/h3-7,13,18H,8-11H2,1-2H3. The second-order valence-electron chi connectivity index (χ2n) is 5.79. The van der Waals surface area contributed by atoms with Gasteiger partial charge in [0, 0.05) is 24.2 Å². The number of amides is 1. The first kappa shape index (κ1) is 14.0. The van der Waals surface area contributed by atoms with Crippen LogP contribution in [0.3, 0.4) is 0 Å². The van der Waals surface area contributed by atoms with Gasteiger partial charge in [0.25, 0.3) is 5.91 Å². The monoisotopic (exact) mass is 283 g/mol. The first-order valence-electron chi connectivity index (χ1n) is 7.49. The number of para-hydroxylation sites is 1. The Morgan fingerprint density at radius 2 is 2.24 bits per heavy atom. The van der Waals surface area contributed by atoms with Crippen molar-refractivity contribution in [2.75, 3.05) is 26.7 Å². The lowest BCUT2D eigenvalue weighted by Crippen LogP contribution is -2.30. The minimum atomic E-state index is 0.109. The number of carbonyl (C=O) groups excluding carboxylic acids is 1. The van der Waals surface area contributed by atoms with Crippen molar-refractivity contribution in [3.63, 3.8) is 0 Å². The Hall–Kier alpha value is -1.94. The van der Waals surface area contributed by atoms with E-state index in [1.165, 1.54) is 0 Å². The van der Waals surface area contributed by atoms with Gasteiger partial charge in [-0.25, -0.2) is 0 Å². The van der Waals surface area contributed by atoms with E-state index in [1.807, 2.05) is 49.2 Å². The Morgan fingerprint density at radius 3 is 3.05 bits per heavy atom. The lowest BCUT2D eigenvalue weighted by molar-refractivity contribution is 0.0789. The van der Waals surface area contributed by atoms with Crippen molar-refractivity contribution >= 4 is 16.8 Å². The molecule has 4 nitrogen and oxygen atoms in total. The van der Waals surface area contributed by atoms with Gasteiger partial charge in [-0.1, -0.05) is 18.2 Å². The SMILES string of the molecule is CNCC1CCN(C(=O)c2cccc3ccc(C)nc23)C1. The zero-order valence-corrected chi connectivity index (χ0v) is 12.6. The van der Waals surface area contributed by atoms with Crippen LogP contribution in [0.5, 0.6) is 0 Å². The third kappa shape index (κ3) is 2.76. The number of nitrogens with zero attached hydrogens (tertiary/aromatic N) is 2. The van der Waals surface area contributed by atoms with E-state index in [9.17, 15) is 4.79 Å². The van der Waals surface area contributed by atoms with Gasteiger partial charge in [-0.05, 0) is 45.0 Å². The molecule has 3 rings (SSSR count). The molecule has 2 aromatic rings. The topological polar surface area (TPSA) is 45.2 Å². The fourth-order valence-electron chi connectivity index (χ4n) is 3.06. The summed E-state index contributed by atoms with van der Waals surface area (Å²) in [4.78, 5) is 19.3. The fourth-order valence-corrected chi connectivity index (χ4v) is 3.06. The van der Waals surface area contributed by atoms with Gasteiger partial charge in [0.1, 0.15) is 0 Å². The van der Waals surface area contributed by atoms with Crippen LogP contribution < -0.4 is 5.32 Å². The number of nitrogens with one attached hydrogen (secondary N) is 1. The summed E-state index contributed by atoms with van der Waals surface area (Å²) in [6, 6.07) is 9.85. The summed E-state index contributed by atoms with van der Waals surface area (Å²) >= 11 is 0. The van der Waals surface area contributed by atoms with Gasteiger partial charge in [-0.3, -0.25) is 9.78 Å². The Kier molecular flexibility index (Phi) is 3.88. The van der Waals surface area contributed by atoms with Gasteiger partial charge in [0.05, 0.1) is 11.1 Å². The molecule has 110 valence electrons. The molecule has 0 bridgehead atoms. The predicted octanol–water partition coefficient (Wildman–Crippen LogP) is 2.22. The minimum Gasteiger partial charge on any atom is -0.338 e. The van der Waals surface area contributed by atoms with Gasteiger partial charge < -0.3 is 10.2 Å². The van der Waals surface area contributed by atoms with Gasteiger partial charge in [-0.2, -0.15) is 0 Å². The molecule has 0 spiro atoms. The van der Waals surface area contributed by atoms with Crippen molar-refractivity contribution in [2.24, 2.45) is 5.92 Å². The molecule has 21 heavy (non-hydrogen) atoms. The van der Waals surface area contributed by atoms with Crippen molar-refractivity contribution in [2.45, 2.75) is 13.3 Å². The molecule has 1 amide bonds. The summed E-state index contributed by atoms with van der Waals surface area (Å²) in [7, 11) is 1.96. The van der Waals surface area contributed by atoms with E-state index in [1.54, 1.807) is 0 Å². The van der Waals surface area contributed by atoms with Crippen LogP contribution in [0.4, 0.5) is 0 Å². The van der Waals surface area contributed by atoms with Gasteiger partial charge in [0.15, 0.2) is 0 Å². The highest BCUT2D eigenvalue weighted by Crippen LogP contribution is 2.22. The van der Waals surface area contributed by atoms with E-state index < -0.39 is 0 Å². The maximum atomic E-state index is 12.8. The molecule has 1 aliphatic rings. The van der Waals surface area contributed by atoms with E-state index >= 15 is 0 Å². The number of hydrogen-bond donors (Lipinski definition) is 1. The normalized spacial score (nSPS) is 18.4. The number of rotatable bonds is 3. The average molecular weight is 283 g/mol. The van der Waals surface area contributed by atoms with Gasteiger partial charge in [-0.15, -0.1) is 0 Å². The van der Waals surface area contributed by atoms with Crippen LogP contribution in [0.15, 0.2) is 30.3 Å². The van der Waals surface area contributed by atoms with Gasteiger partial charge in [0.2, 0.25) is 0 Å². The third-order valence-electron chi connectivity index (χ3n) is 4.16. The number of likely N-dealkylation sites (tertiary alicyclic amines) is 1. The van der Waals surface area contributed by atoms with Crippen molar-refractivity contribution in [3.05, 3.63) is 41.6 Å². The Bertz CT molecular complexity index is 668. The third-order valence-corrected chi connectivity index (χ3v) is 4.16. The summed E-state index contributed by atoms with van der Waals surface area (Å²) in [5.74, 6) is 0.668.